The Labute approximate surface area is 159 Å². The maximum absolute atomic E-state index is 11.6. The van der Waals surface area contributed by atoms with Gasteiger partial charge < -0.3 is 10.6 Å². The summed E-state index contributed by atoms with van der Waals surface area (Å²) in [5.74, 6) is 2.50. The van der Waals surface area contributed by atoms with Crippen LogP contribution in [0.4, 0.5) is 5.69 Å². The first-order valence-corrected chi connectivity index (χ1v) is 9.60. The van der Waals surface area contributed by atoms with Crippen molar-refractivity contribution in [3.05, 3.63) is 52.6 Å². The molecule has 1 aromatic carbocycles. The number of nitrogens with one attached hydrogen (secondary N) is 2. The molecule has 0 bridgehead atoms. The Morgan fingerprint density at radius 2 is 2.00 bits per heavy atom. The van der Waals surface area contributed by atoms with E-state index in [4.69, 9.17) is 0 Å². The van der Waals surface area contributed by atoms with Crippen LogP contribution >= 0.6 is 11.8 Å². The monoisotopic (exact) mass is 370 g/mol. The number of anilines is 1. The van der Waals surface area contributed by atoms with Crippen molar-refractivity contribution in [3.8, 4) is 0 Å². The van der Waals surface area contributed by atoms with Crippen molar-refractivity contribution in [1.29, 1.82) is 0 Å². The smallest absolute Gasteiger partial charge is 0.162 e. The van der Waals surface area contributed by atoms with E-state index in [1.54, 1.807) is 31.8 Å². The molecule has 0 saturated heterocycles. The lowest BCUT2D eigenvalue weighted by molar-refractivity contribution is -0.112. The third kappa shape index (κ3) is 6.52. The average Bonchev–Trinajstić information content (AvgIpc) is 3.13. The van der Waals surface area contributed by atoms with Gasteiger partial charge in [0.2, 0.25) is 0 Å². The number of allylic oxidation sites excluding steroid dienone is 2. The molecule has 0 aliphatic carbocycles. The molecule has 2 N–H and O–H groups in total. The summed E-state index contributed by atoms with van der Waals surface area (Å²) in [4.78, 5) is 21.5. The van der Waals surface area contributed by atoms with Crippen molar-refractivity contribution in [2.24, 2.45) is 9.98 Å². The fraction of sp³-hybridized carbons (Fsp3) is 0.350. The Hall–Kier alpha value is -2.34. The second kappa shape index (κ2) is 9.97. The molecule has 0 atom stereocenters. The summed E-state index contributed by atoms with van der Waals surface area (Å²) < 4.78 is 0. The number of thioether (sulfide) groups is 1. The zero-order valence-corrected chi connectivity index (χ0v) is 16.6. The van der Waals surface area contributed by atoms with Crippen molar-refractivity contribution in [2.75, 3.05) is 24.7 Å². The highest BCUT2D eigenvalue weighted by Gasteiger charge is 2.11. The maximum Gasteiger partial charge on any atom is 0.162 e. The van der Waals surface area contributed by atoms with Gasteiger partial charge in [-0.25, -0.2) is 4.99 Å². The molecule has 0 fully saturated rings. The van der Waals surface area contributed by atoms with Gasteiger partial charge in [0.1, 0.15) is 5.84 Å². The van der Waals surface area contributed by atoms with Crippen LogP contribution in [0.3, 0.4) is 0 Å². The van der Waals surface area contributed by atoms with Gasteiger partial charge in [0.25, 0.3) is 0 Å². The fourth-order valence-electron chi connectivity index (χ4n) is 2.45. The van der Waals surface area contributed by atoms with E-state index in [9.17, 15) is 4.79 Å². The van der Waals surface area contributed by atoms with Crippen LogP contribution in [-0.4, -0.2) is 36.8 Å². The van der Waals surface area contributed by atoms with E-state index in [0.717, 1.165) is 34.3 Å². The van der Waals surface area contributed by atoms with Gasteiger partial charge in [-0.3, -0.25) is 9.79 Å². The summed E-state index contributed by atoms with van der Waals surface area (Å²) in [5.41, 5.74) is 2.98. The second-order valence-electron chi connectivity index (χ2n) is 6.07. The standard InChI is InChI=1S/C20H26N4OS/c1-14-7-9-17(10-8-14)22-13-18(12-15(2)25)23-16(3)24-20(21-4)19-6-5-11-26-19/h6-10,12,22H,5,11,13H2,1-4H3,(H,21,23,24)/b18-12-. The molecule has 0 aromatic heterocycles. The number of aryl methyl sites for hydroxylation is 1. The number of ketones is 1. The van der Waals surface area contributed by atoms with Crippen LogP contribution in [0.2, 0.25) is 0 Å². The summed E-state index contributed by atoms with van der Waals surface area (Å²) in [6.45, 7) is 5.98. The maximum atomic E-state index is 11.6. The van der Waals surface area contributed by atoms with Gasteiger partial charge in [0, 0.05) is 35.2 Å². The van der Waals surface area contributed by atoms with E-state index in [0.29, 0.717) is 12.4 Å². The molecule has 0 radical (unpaired) electrons. The lowest BCUT2D eigenvalue weighted by atomic mass is 10.2. The molecule has 0 spiro atoms. The first-order valence-electron chi connectivity index (χ1n) is 8.62. The lowest BCUT2D eigenvalue weighted by Gasteiger charge is -2.13. The van der Waals surface area contributed by atoms with Crippen LogP contribution in [0.1, 0.15) is 25.8 Å². The number of hydrogen-bond acceptors (Lipinski definition) is 4. The van der Waals surface area contributed by atoms with E-state index < -0.39 is 0 Å². The summed E-state index contributed by atoms with van der Waals surface area (Å²) in [6.07, 6.45) is 4.80. The molecule has 6 heteroatoms. The van der Waals surface area contributed by atoms with Crippen LogP contribution in [0.25, 0.3) is 0 Å². The number of rotatable bonds is 6. The Morgan fingerprint density at radius 3 is 2.58 bits per heavy atom. The molecule has 1 aromatic rings. The van der Waals surface area contributed by atoms with Crippen molar-refractivity contribution >= 4 is 34.9 Å². The Bertz CT molecular complexity index is 761. The van der Waals surface area contributed by atoms with E-state index in [1.165, 1.54) is 5.56 Å². The number of carbonyl (C=O) groups is 1. The first kappa shape index (κ1) is 20.0. The number of nitrogens with zero attached hydrogens (tertiary/aromatic N) is 2. The van der Waals surface area contributed by atoms with Crippen molar-refractivity contribution in [2.45, 2.75) is 27.2 Å². The molecule has 5 nitrogen and oxygen atoms in total. The van der Waals surface area contributed by atoms with Crippen LogP contribution < -0.4 is 10.6 Å². The highest BCUT2D eigenvalue weighted by molar-refractivity contribution is 8.04. The minimum absolute atomic E-state index is 0.00977. The summed E-state index contributed by atoms with van der Waals surface area (Å²) in [7, 11) is 1.75. The van der Waals surface area contributed by atoms with Crippen molar-refractivity contribution in [3.63, 3.8) is 0 Å². The molecule has 138 valence electrons. The molecule has 26 heavy (non-hydrogen) atoms. The molecule has 0 saturated carbocycles. The summed E-state index contributed by atoms with van der Waals surface area (Å²) >= 11 is 1.77. The predicted molar refractivity (Wildman–Crippen MR) is 113 cm³/mol. The molecule has 0 unspecified atom stereocenters. The van der Waals surface area contributed by atoms with Gasteiger partial charge in [-0.15, -0.1) is 11.8 Å². The van der Waals surface area contributed by atoms with Crippen LogP contribution in [0.5, 0.6) is 0 Å². The van der Waals surface area contributed by atoms with Crippen LogP contribution in [0.15, 0.2) is 57.0 Å². The Balaban J connectivity index is 2.05. The van der Waals surface area contributed by atoms with Gasteiger partial charge >= 0.3 is 0 Å². The number of benzene rings is 1. The van der Waals surface area contributed by atoms with Crippen molar-refractivity contribution in [1.82, 2.24) is 5.32 Å². The highest BCUT2D eigenvalue weighted by Crippen LogP contribution is 2.26. The average molecular weight is 371 g/mol. The van der Waals surface area contributed by atoms with Gasteiger partial charge in [0.15, 0.2) is 11.6 Å². The summed E-state index contributed by atoms with van der Waals surface area (Å²) in [6, 6.07) is 8.14. The molecular formula is C20H26N4OS. The van der Waals surface area contributed by atoms with Crippen LogP contribution in [-0.2, 0) is 4.79 Å². The van der Waals surface area contributed by atoms with Gasteiger partial charge in [-0.2, -0.15) is 0 Å². The largest absolute Gasteiger partial charge is 0.379 e. The van der Waals surface area contributed by atoms with Crippen molar-refractivity contribution < 1.29 is 4.79 Å². The number of amidine groups is 2. The van der Waals surface area contributed by atoms with E-state index in [2.05, 4.69) is 33.6 Å². The SMILES string of the molecule is CN=C(N=C(C)N/C(=C\C(C)=O)CNc1ccc(C)cc1)C1=CCCS1. The zero-order chi connectivity index (χ0) is 18.9. The number of hydrogen-bond donors (Lipinski definition) is 2. The quantitative estimate of drug-likeness (QED) is 0.452. The van der Waals surface area contributed by atoms with Gasteiger partial charge in [-0.05, 0) is 39.3 Å². The third-order valence-corrected chi connectivity index (χ3v) is 4.76. The third-order valence-electron chi connectivity index (χ3n) is 3.66. The van der Waals surface area contributed by atoms with E-state index >= 15 is 0 Å². The first-order chi connectivity index (χ1) is 12.5. The summed E-state index contributed by atoms with van der Waals surface area (Å²) in [5, 5.41) is 6.55. The Morgan fingerprint density at radius 1 is 1.27 bits per heavy atom. The van der Waals surface area contributed by atoms with E-state index in [-0.39, 0.29) is 5.78 Å². The molecule has 1 aliphatic rings. The minimum atomic E-state index is -0.00977. The predicted octanol–water partition coefficient (Wildman–Crippen LogP) is 3.94. The number of carbonyl (C=O) groups excluding carboxylic acids is 1. The second-order valence-corrected chi connectivity index (χ2v) is 7.21. The Kier molecular flexibility index (Phi) is 7.66. The normalized spacial score (nSPS) is 15.7. The molecule has 1 heterocycles. The zero-order valence-electron chi connectivity index (χ0n) is 15.8. The molecular weight excluding hydrogens is 344 g/mol. The molecule has 0 amide bonds. The topological polar surface area (TPSA) is 65.8 Å². The van der Waals surface area contributed by atoms with Crippen LogP contribution in [0, 0.1) is 6.92 Å². The van der Waals surface area contributed by atoms with E-state index in [1.807, 2.05) is 31.2 Å². The fourth-order valence-corrected chi connectivity index (χ4v) is 3.41. The van der Waals surface area contributed by atoms with Gasteiger partial charge in [0.05, 0.1) is 6.54 Å². The number of aliphatic imine (C=N–C) groups is 2. The lowest BCUT2D eigenvalue weighted by Crippen LogP contribution is -2.26. The minimum Gasteiger partial charge on any atom is -0.379 e. The molecule has 2 rings (SSSR count). The highest BCUT2D eigenvalue weighted by atomic mass is 32.2. The van der Waals surface area contributed by atoms with Gasteiger partial charge in [-0.1, -0.05) is 23.8 Å². The molecule has 1 aliphatic heterocycles.